The number of benzene rings is 1. The van der Waals surface area contributed by atoms with Crippen molar-refractivity contribution in [2.45, 2.75) is 12.8 Å². The van der Waals surface area contributed by atoms with E-state index in [4.69, 9.17) is 23.7 Å². The minimum atomic E-state index is -0.222. The van der Waals surface area contributed by atoms with Gasteiger partial charge < -0.3 is 16.4 Å². The number of hydrogen-bond donors (Lipinski definition) is 2. The van der Waals surface area contributed by atoms with Crippen LogP contribution in [0.3, 0.4) is 0 Å². The number of rotatable bonds is 3. The summed E-state index contributed by atoms with van der Waals surface area (Å²) in [6, 6.07) is 5.78. The molecule has 1 atom stereocenters. The summed E-state index contributed by atoms with van der Waals surface area (Å²) in [7, 11) is 0. The second-order valence-corrected chi connectivity index (χ2v) is 6.01. The molecule has 1 unspecified atom stereocenters. The van der Waals surface area contributed by atoms with Crippen molar-refractivity contribution < 1.29 is 4.79 Å². The highest BCUT2D eigenvalue weighted by atomic mass is 79.9. The minimum Gasteiger partial charge on any atom is -0.389 e. The number of carbonyl (C=O) groups is 1. The zero-order valence-corrected chi connectivity index (χ0v) is 12.8. The standard InChI is InChI=1S/C13H16BrN3OS/c14-10-6-8(13(16)19)3-4-11(10)17-5-1-2-9(7-17)12(15)18/h3-4,6,9H,1-2,5,7H2,(H2,15,18)(H2,16,19). The fourth-order valence-corrected chi connectivity index (χ4v) is 3.10. The first-order chi connectivity index (χ1) is 8.99. The van der Waals surface area contributed by atoms with Gasteiger partial charge in [0.25, 0.3) is 0 Å². The first-order valence-corrected chi connectivity index (χ1v) is 7.33. The lowest BCUT2D eigenvalue weighted by atomic mass is 9.97. The minimum absolute atomic E-state index is 0.0732. The third kappa shape index (κ3) is 3.25. The molecule has 0 aromatic heterocycles. The Morgan fingerprint density at radius 2 is 2.16 bits per heavy atom. The van der Waals surface area contributed by atoms with Gasteiger partial charge in [-0.3, -0.25) is 4.79 Å². The molecule has 1 aliphatic heterocycles. The largest absolute Gasteiger partial charge is 0.389 e. The van der Waals surface area contributed by atoms with Crippen LogP contribution in [-0.2, 0) is 4.79 Å². The highest BCUT2D eigenvalue weighted by Crippen LogP contribution is 2.30. The molecule has 2 rings (SSSR count). The van der Waals surface area contributed by atoms with Crippen molar-refractivity contribution in [1.82, 2.24) is 0 Å². The first-order valence-electron chi connectivity index (χ1n) is 6.12. The third-order valence-electron chi connectivity index (χ3n) is 3.40. The fourth-order valence-electron chi connectivity index (χ4n) is 2.34. The van der Waals surface area contributed by atoms with Crippen molar-refractivity contribution in [3.8, 4) is 0 Å². The molecule has 0 radical (unpaired) electrons. The van der Waals surface area contributed by atoms with E-state index in [-0.39, 0.29) is 11.8 Å². The number of piperidine rings is 1. The maximum Gasteiger partial charge on any atom is 0.222 e. The molecule has 102 valence electrons. The number of nitrogens with zero attached hydrogens (tertiary/aromatic N) is 1. The number of nitrogens with two attached hydrogens (primary N) is 2. The van der Waals surface area contributed by atoms with Crippen molar-refractivity contribution in [1.29, 1.82) is 0 Å². The molecule has 1 saturated heterocycles. The van der Waals surface area contributed by atoms with Crippen molar-refractivity contribution in [3.63, 3.8) is 0 Å². The summed E-state index contributed by atoms with van der Waals surface area (Å²) in [4.78, 5) is 13.9. The Morgan fingerprint density at radius 3 is 2.74 bits per heavy atom. The quantitative estimate of drug-likeness (QED) is 0.822. The Balaban J connectivity index is 2.22. The number of anilines is 1. The molecular formula is C13H16BrN3OS. The lowest BCUT2D eigenvalue weighted by molar-refractivity contribution is -0.122. The molecule has 1 heterocycles. The molecule has 6 heteroatoms. The molecule has 0 bridgehead atoms. The summed E-state index contributed by atoms with van der Waals surface area (Å²) in [5.41, 5.74) is 12.9. The Kier molecular flexibility index (Phi) is 4.42. The van der Waals surface area contributed by atoms with Gasteiger partial charge in [0, 0.05) is 23.1 Å². The van der Waals surface area contributed by atoms with Crippen LogP contribution in [0, 0.1) is 5.92 Å². The van der Waals surface area contributed by atoms with Crippen LogP contribution in [0.1, 0.15) is 18.4 Å². The van der Waals surface area contributed by atoms with Crippen LogP contribution in [-0.4, -0.2) is 24.0 Å². The maximum atomic E-state index is 11.3. The molecule has 1 fully saturated rings. The highest BCUT2D eigenvalue weighted by Gasteiger charge is 2.25. The molecule has 1 aliphatic rings. The van der Waals surface area contributed by atoms with Crippen molar-refractivity contribution in [2.75, 3.05) is 18.0 Å². The van der Waals surface area contributed by atoms with Gasteiger partial charge >= 0.3 is 0 Å². The van der Waals surface area contributed by atoms with Gasteiger partial charge in [-0.2, -0.15) is 0 Å². The number of thiocarbonyl (C=S) groups is 1. The number of carbonyl (C=O) groups excluding carboxylic acids is 1. The van der Waals surface area contributed by atoms with E-state index in [0.29, 0.717) is 11.5 Å². The van der Waals surface area contributed by atoms with Crippen LogP contribution < -0.4 is 16.4 Å². The smallest absolute Gasteiger partial charge is 0.222 e. The number of primary amides is 1. The number of halogens is 1. The average Bonchev–Trinajstić information content (AvgIpc) is 2.38. The van der Waals surface area contributed by atoms with Gasteiger partial charge in [0.15, 0.2) is 0 Å². The maximum absolute atomic E-state index is 11.3. The summed E-state index contributed by atoms with van der Waals surface area (Å²) in [6.07, 6.45) is 1.84. The highest BCUT2D eigenvalue weighted by molar-refractivity contribution is 9.10. The topological polar surface area (TPSA) is 72.4 Å². The number of amides is 1. The van der Waals surface area contributed by atoms with Gasteiger partial charge in [0.05, 0.1) is 11.6 Å². The van der Waals surface area contributed by atoms with Crippen LogP contribution in [0.25, 0.3) is 0 Å². The Hall–Kier alpha value is -1.14. The summed E-state index contributed by atoms with van der Waals surface area (Å²) in [5, 5.41) is 0. The van der Waals surface area contributed by atoms with Crippen molar-refractivity contribution in [2.24, 2.45) is 17.4 Å². The van der Waals surface area contributed by atoms with E-state index >= 15 is 0 Å². The van der Waals surface area contributed by atoms with E-state index in [2.05, 4.69) is 20.8 Å². The molecule has 0 saturated carbocycles. The van der Waals surface area contributed by atoms with Crippen molar-refractivity contribution in [3.05, 3.63) is 28.2 Å². The zero-order chi connectivity index (χ0) is 14.0. The Morgan fingerprint density at radius 1 is 1.42 bits per heavy atom. The number of hydrogen-bond acceptors (Lipinski definition) is 3. The molecule has 0 aliphatic carbocycles. The van der Waals surface area contributed by atoms with Gasteiger partial charge in [-0.15, -0.1) is 0 Å². The molecule has 4 nitrogen and oxygen atoms in total. The molecule has 4 N–H and O–H groups in total. The van der Waals surface area contributed by atoms with E-state index in [0.717, 1.165) is 35.1 Å². The normalized spacial score (nSPS) is 19.2. The molecular weight excluding hydrogens is 326 g/mol. The summed E-state index contributed by atoms with van der Waals surface area (Å²) in [6.45, 7) is 1.59. The SMILES string of the molecule is NC(=O)C1CCCN(c2ccc(C(N)=S)cc2Br)C1. The monoisotopic (exact) mass is 341 g/mol. The molecule has 19 heavy (non-hydrogen) atoms. The molecule has 1 aromatic carbocycles. The van der Waals surface area contributed by atoms with Gasteiger partial charge in [-0.25, -0.2) is 0 Å². The fraction of sp³-hybridized carbons (Fsp3) is 0.385. The average molecular weight is 342 g/mol. The van der Waals surface area contributed by atoms with Crippen LogP contribution in [0.2, 0.25) is 0 Å². The van der Waals surface area contributed by atoms with E-state index in [1.54, 1.807) is 0 Å². The molecule has 1 amide bonds. The summed E-state index contributed by atoms with van der Waals surface area (Å²) >= 11 is 8.49. The summed E-state index contributed by atoms with van der Waals surface area (Å²) in [5.74, 6) is -0.295. The van der Waals surface area contributed by atoms with Crippen molar-refractivity contribution >= 4 is 44.7 Å². The van der Waals surface area contributed by atoms with E-state index in [1.165, 1.54) is 0 Å². The van der Waals surface area contributed by atoms with E-state index in [1.807, 2.05) is 18.2 Å². The first kappa shape index (κ1) is 14.3. The third-order valence-corrected chi connectivity index (χ3v) is 4.27. The van der Waals surface area contributed by atoms with Gasteiger partial charge in [0.1, 0.15) is 4.99 Å². The van der Waals surface area contributed by atoms with Gasteiger partial charge in [-0.1, -0.05) is 12.2 Å². The zero-order valence-electron chi connectivity index (χ0n) is 10.4. The molecule has 0 spiro atoms. The predicted octanol–water partition coefficient (Wildman–Crippen LogP) is 1.78. The molecule has 1 aromatic rings. The second-order valence-electron chi connectivity index (χ2n) is 4.72. The van der Waals surface area contributed by atoms with Crippen LogP contribution in [0.15, 0.2) is 22.7 Å². The van der Waals surface area contributed by atoms with Gasteiger partial charge in [0.2, 0.25) is 5.91 Å². The Labute approximate surface area is 126 Å². The van der Waals surface area contributed by atoms with Crippen LogP contribution in [0.5, 0.6) is 0 Å². The Bertz CT molecular complexity index is 521. The van der Waals surface area contributed by atoms with Crippen LogP contribution >= 0.6 is 28.1 Å². The summed E-state index contributed by atoms with van der Waals surface area (Å²) < 4.78 is 0.933. The second kappa shape index (κ2) is 5.88. The van der Waals surface area contributed by atoms with Gasteiger partial charge in [-0.05, 0) is 47.0 Å². The predicted molar refractivity (Wildman–Crippen MR) is 84.2 cm³/mol. The van der Waals surface area contributed by atoms with E-state index in [9.17, 15) is 4.79 Å². The lowest BCUT2D eigenvalue weighted by Crippen LogP contribution is -2.41. The van der Waals surface area contributed by atoms with Crippen LogP contribution in [0.4, 0.5) is 5.69 Å². The van der Waals surface area contributed by atoms with E-state index < -0.39 is 0 Å². The lowest BCUT2D eigenvalue weighted by Gasteiger charge is -2.33.